The zero-order valence-corrected chi connectivity index (χ0v) is 24.1. The molecule has 2 aromatic rings. The molecule has 4 heterocycles. The highest BCUT2D eigenvalue weighted by atomic mass is 16.8. The normalized spacial score (nSPS) is 35.8. The molecule has 13 heteroatoms. The number of hydrogen-bond acceptors (Lipinski definition) is 13. The number of benzene rings is 2. The fraction of sp³-hybridized carbons (Fsp3) is 0.567. The van der Waals surface area contributed by atoms with Crippen molar-refractivity contribution in [1.82, 2.24) is 0 Å². The number of ether oxygens (including phenoxy) is 10. The third-order valence-corrected chi connectivity index (χ3v) is 8.93. The number of aliphatic hydroxyl groups excluding tert-OH is 2. The van der Waals surface area contributed by atoms with E-state index in [-0.39, 0.29) is 20.0 Å². The van der Waals surface area contributed by atoms with Gasteiger partial charge in [0.1, 0.15) is 24.4 Å². The Bertz CT molecular complexity index is 1370. The SMILES string of the molecule is COc1cc([C@@H]2c3cc4c(cc3[C@@H](O[C@@H]3O[C@H]5CO[C@@H](C)O[C@H]5[C@H](O)[C@H]3O)[C@H]3COC(=O)[C@@H]23)OCO4)cc(OC)c1OC. The number of aliphatic hydroxyl groups is 2. The van der Waals surface area contributed by atoms with E-state index in [1.807, 2.05) is 24.3 Å². The quantitative estimate of drug-likeness (QED) is 0.462. The Labute approximate surface area is 247 Å². The second-order valence-corrected chi connectivity index (χ2v) is 11.2. The van der Waals surface area contributed by atoms with E-state index in [2.05, 4.69) is 0 Å². The van der Waals surface area contributed by atoms with Gasteiger partial charge in [0.25, 0.3) is 0 Å². The van der Waals surface area contributed by atoms with Gasteiger partial charge in [0.05, 0.1) is 46.6 Å². The summed E-state index contributed by atoms with van der Waals surface area (Å²) in [5.41, 5.74) is 2.19. The minimum Gasteiger partial charge on any atom is -0.493 e. The van der Waals surface area contributed by atoms with Crippen molar-refractivity contribution in [2.75, 3.05) is 41.3 Å². The number of methoxy groups -OCH3 is 3. The first kappa shape index (κ1) is 28.4. The highest BCUT2D eigenvalue weighted by molar-refractivity contribution is 5.79. The molecular formula is C30H34O13. The number of carbonyl (C=O) groups is 1. The zero-order valence-electron chi connectivity index (χ0n) is 24.1. The maximum atomic E-state index is 13.5. The van der Waals surface area contributed by atoms with Crippen LogP contribution < -0.4 is 23.7 Å². The molecule has 0 bridgehead atoms. The molecule has 43 heavy (non-hydrogen) atoms. The van der Waals surface area contributed by atoms with E-state index in [9.17, 15) is 15.0 Å². The Hall–Kier alpha value is -3.33. The van der Waals surface area contributed by atoms with Crippen molar-refractivity contribution in [3.63, 3.8) is 0 Å². The van der Waals surface area contributed by atoms with Crippen LogP contribution in [0.3, 0.4) is 0 Å². The van der Waals surface area contributed by atoms with E-state index < -0.39 is 66.8 Å². The lowest BCUT2D eigenvalue weighted by atomic mass is 9.66. The number of carbonyl (C=O) groups excluding carboxylic acids is 1. The van der Waals surface area contributed by atoms with Crippen LogP contribution in [0.25, 0.3) is 0 Å². The van der Waals surface area contributed by atoms with Crippen LogP contribution in [0.1, 0.15) is 35.6 Å². The second kappa shape index (κ2) is 11.0. The predicted molar refractivity (Wildman–Crippen MR) is 143 cm³/mol. The van der Waals surface area contributed by atoms with Crippen LogP contribution in [0.4, 0.5) is 0 Å². The van der Waals surface area contributed by atoms with Crippen LogP contribution in [0, 0.1) is 11.8 Å². The summed E-state index contributed by atoms with van der Waals surface area (Å²) in [6, 6.07) is 7.31. The molecule has 4 aliphatic heterocycles. The third kappa shape index (κ3) is 4.57. The second-order valence-electron chi connectivity index (χ2n) is 11.2. The maximum Gasteiger partial charge on any atom is 0.310 e. The molecule has 2 N–H and O–H groups in total. The molecule has 232 valence electrons. The van der Waals surface area contributed by atoms with Gasteiger partial charge in [0.15, 0.2) is 35.6 Å². The summed E-state index contributed by atoms with van der Waals surface area (Å²) in [4.78, 5) is 13.5. The van der Waals surface area contributed by atoms with E-state index in [1.165, 1.54) is 21.3 Å². The monoisotopic (exact) mass is 602 g/mol. The van der Waals surface area contributed by atoms with Gasteiger partial charge in [-0.3, -0.25) is 4.79 Å². The zero-order chi connectivity index (χ0) is 30.0. The lowest BCUT2D eigenvalue weighted by molar-refractivity contribution is -0.364. The summed E-state index contributed by atoms with van der Waals surface area (Å²) in [6.07, 6.45) is -6.70. The van der Waals surface area contributed by atoms with Crippen molar-refractivity contribution in [2.45, 2.75) is 55.9 Å². The van der Waals surface area contributed by atoms with Crippen LogP contribution in [0.15, 0.2) is 24.3 Å². The molecule has 7 rings (SSSR count). The topological polar surface area (TPSA) is 150 Å². The molecule has 0 spiro atoms. The van der Waals surface area contributed by atoms with Crippen molar-refractivity contribution < 1.29 is 62.4 Å². The fourth-order valence-electron chi connectivity index (χ4n) is 6.92. The highest BCUT2D eigenvalue weighted by Gasteiger charge is 2.56. The molecule has 0 radical (unpaired) electrons. The van der Waals surface area contributed by atoms with E-state index in [1.54, 1.807) is 6.92 Å². The van der Waals surface area contributed by atoms with Gasteiger partial charge >= 0.3 is 5.97 Å². The van der Waals surface area contributed by atoms with Crippen molar-refractivity contribution >= 4 is 5.97 Å². The van der Waals surface area contributed by atoms with Crippen LogP contribution >= 0.6 is 0 Å². The van der Waals surface area contributed by atoms with Gasteiger partial charge in [0, 0.05) is 11.8 Å². The van der Waals surface area contributed by atoms with Crippen LogP contribution in [0.5, 0.6) is 28.7 Å². The number of cyclic esters (lactones) is 1. The summed E-state index contributed by atoms with van der Waals surface area (Å²) in [5, 5.41) is 22.0. The van der Waals surface area contributed by atoms with Crippen LogP contribution in [-0.4, -0.2) is 94.5 Å². The molecule has 0 aromatic heterocycles. The maximum absolute atomic E-state index is 13.5. The van der Waals surface area contributed by atoms with Crippen molar-refractivity contribution in [1.29, 1.82) is 0 Å². The van der Waals surface area contributed by atoms with Gasteiger partial charge in [-0.2, -0.15) is 0 Å². The summed E-state index contributed by atoms with van der Waals surface area (Å²) >= 11 is 0. The standard InChI is InChI=1S/C30H34O13/c1-12-37-10-21-28(41-12)24(31)25(32)30(42-21)43-26-15-8-18-17(39-11-40-18)7-14(15)22(23-16(26)9-38-29(23)33)13-5-19(34-2)27(36-4)20(6-13)35-3/h5-8,12,16,21-26,28,30-32H,9-11H2,1-4H3/t12-,16+,21+,22-,23-,24-,25-,26-,28-,30+/m1/s1. The molecule has 13 nitrogen and oxygen atoms in total. The van der Waals surface area contributed by atoms with Gasteiger partial charge in [-0.05, 0) is 47.9 Å². The van der Waals surface area contributed by atoms with Crippen LogP contribution in [0.2, 0.25) is 0 Å². The molecule has 0 saturated carbocycles. The first-order valence-electron chi connectivity index (χ1n) is 14.2. The average molecular weight is 603 g/mol. The lowest BCUT2D eigenvalue weighted by Crippen LogP contribution is -2.63. The summed E-state index contributed by atoms with van der Waals surface area (Å²) in [7, 11) is 4.58. The van der Waals surface area contributed by atoms with E-state index in [0.29, 0.717) is 34.3 Å². The minimum absolute atomic E-state index is 0.0473. The molecule has 0 amide bonds. The Kier molecular flexibility index (Phi) is 7.27. The van der Waals surface area contributed by atoms with E-state index in [0.717, 1.165) is 11.1 Å². The van der Waals surface area contributed by atoms with Crippen molar-refractivity contribution in [3.05, 3.63) is 41.0 Å². The van der Waals surface area contributed by atoms with Crippen molar-refractivity contribution in [2.24, 2.45) is 11.8 Å². The van der Waals surface area contributed by atoms with E-state index in [4.69, 9.17) is 47.4 Å². The molecular weight excluding hydrogens is 568 g/mol. The summed E-state index contributed by atoms with van der Waals surface area (Å²) in [5.74, 6) is 0.289. The Balaban J connectivity index is 1.32. The Morgan fingerprint density at radius 1 is 0.837 bits per heavy atom. The molecule has 3 saturated heterocycles. The van der Waals surface area contributed by atoms with Gasteiger partial charge in [-0.15, -0.1) is 0 Å². The fourth-order valence-corrected chi connectivity index (χ4v) is 6.92. The third-order valence-electron chi connectivity index (χ3n) is 8.93. The molecule has 10 atom stereocenters. The molecule has 2 aromatic carbocycles. The number of hydrogen-bond donors (Lipinski definition) is 2. The molecule has 5 aliphatic rings. The Morgan fingerprint density at radius 3 is 2.21 bits per heavy atom. The van der Waals surface area contributed by atoms with Gasteiger partial charge in [0.2, 0.25) is 12.5 Å². The first-order chi connectivity index (χ1) is 20.8. The predicted octanol–water partition coefficient (Wildman–Crippen LogP) is 1.64. The van der Waals surface area contributed by atoms with E-state index >= 15 is 0 Å². The molecule has 1 aliphatic carbocycles. The number of rotatable bonds is 6. The average Bonchev–Trinajstić information content (AvgIpc) is 3.64. The highest BCUT2D eigenvalue weighted by Crippen LogP contribution is 2.57. The smallest absolute Gasteiger partial charge is 0.310 e. The first-order valence-corrected chi connectivity index (χ1v) is 14.2. The largest absolute Gasteiger partial charge is 0.493 e. The number of fused-ring (bicyclic) bond motifs is 4. The number of esters is 1. The molecule has 0 unspecified atom stereocenters. The van der Waals surface area contributed by atoms with Crippen molar-refractivity contribution in [3.8, 4) is 28.7 Å². The van der Waals surface area contributed by atoms with Gasteiger partial charge in [-0.25, -0.2) is 0 Å². The minimum atomic E-state index is -1.42. The molecule has 3 fully saturated rings. The van der Waals surface area contributed by atoms with Gasteiger partial charge < -0.3 is 57.6 Å². The summed E-state index contributed by atoms with van der Waals surface area (Å²) < 4.78 is 57.7. The lowest BCUT2D eigenvalue weighted by Gasteiger charge is -2.47. The van der Waals surface area contributed by atoms with Crippen LogP contribution in [-0.2, 0) is 28.5 Å². The van der Waals surface area contributed by atoms with Gasteiger partial charge in [-0.1, -0.05) is 0 Å². The Morgan fingerprint density at radius 2 is 1.53 bits per heavy atom. The summed E-state index contributed by atoms with van der Waals surface area (Å²) in [6.45, 7) is 1.99.